The number of alkyl halides is 3. The van der Waals surface area contributed by atoms with Crippen molar-refractivity contribution in [1.29, 1.82) is 0 Å². The summed E-state index contributed by atoms with van der Waals surface area (Å²) in [6.45, 7) is 3.24. The molecule has 0 saturated heterocycles. The van der Waals surface area contributed by atoms with Gasteiger partial charge in [0.15, 0.2) is 12.0 Å². The second kappa shape index (κ2) is 3.54. The molecule has 0 aromatic carbocycles. The summed E-state index contributed by atoms with van der Waals surface area (Å²) in [5.74, 6) is -0.114. The fourth-order valence-electron chi connectivity index (χ4n) is 1.72. The van der Waals surface area contributed by atoms with Gasteiger partial charge in [-0.15, -0.1) is 0 Å². The minimum Gasteiger partial charge on any atom is -0.296 e. The Morgan fingerprint density at radius 2 is 1.94 bits per heavy atom. The molecular formula is C10H8F3N3O. The van der Waals surface area contributed by atoms with Gasteiger partial charge in [-0.25, -0.2) is 9.97 Å². The number of carbonyl (C=O) groups excluding carboxylic acids is 1. The SMILES string of the molecule is Cc1cc(C)n2c(C=O)c(C(F)(F)F)nc2n1. The molecule has 2 heterocycles. The Morgan fingerprint density at radius 3 is 2.47 bits per heavy atom. The van der Waals surface area contributed by atoms with E-state index in [0.717, 1.165) is 4.40 Å². The standard InChI is InChI=1S/C10H8F3N3O/c1-5-3-6(2)16-7(4-17)8(10(11,12)13)15-9(16)14-5/h3-4H,1-2H3. The number of rotatable bonds is 1. The molecule has 90 valence electrons. The van der Waals surface area contributed by atoms with Gasteiger partial charge in [-0.2, -0.15) is 13.2 Å². The van der Waals surface area contributed by atoms with Crippen LogP contribution in [-0.2, 0) is 6.18 Å². The number of aryl methyl sites for hydroxylation is 2. The van der Waals surface area contributed by atoms with E-state index in [0.29, 0.717) is 11.4 Å². The number of halogens is 3. The summed E-state index contributed by atoms with van der Waals surface area (Å²) in [5.41, 5.74) is -0.685. The van der Waals surface area contributed by atoms with E-state index in [1.54, 1.807) is 19.9 Å². The van der Waals surface area contributed by atoms with E-state index in [-0.39, 0.29) is 12.1 Å². The number of hydrogen-bond donors (Lipinski definition) is 0. The lowest BCUT2D eigenvalue weighted by Gasteiger charge is -2.04. The minimum atomic E-state index is -4.66. The van der Waals surface area contributed by atoms with Crippen molar-refractivity contribution in [3.8, 4) is 0 Å². The molecule has 0 unspecified atom stereocenters. The molecule has 0 amide bonds. The van der Waals surface area contributed by atoms with E-state index in [4.69, 9.17) is 0 Å². The minimum absolute atomic E-state index is 0.114. The molecule has 2 rings (SSSR count). The summed E-state index contributed by atoms with van der Waals surface area (Å²) in [6.07, 6.45) is -4.52. The van der Waals surface area contributed by atoms with Crippen LogP contribution in [0.1, 0.15) is 27.6 Å². The number of fused-ring (bicyclic) bond motifs is 1. The van der Waals surface area contributed by atoms with Crippen LogP contribution in [0.25, 0.3) is 5.78 Å². The molecule has 0 aliphatic heterocycles. The van der Waals surface area contributed by atoms with Crippen molar-refractivity contribution in [1.82, 2.24) is 14.4 Å². The summed E-state index contributed by atoms with van der Waals surface area (Å²) in [7, 11) is 0. The summed E-state index contributed by atoms with van der Waals surface area (Å²) < 4.78 is 39.0. The lowest BCUT2D eigenvalue weighted by atomic mass is 10.3. The predicted molar refractivity (Wildman–Crippen MR) is 52.9 cm³/mol. The summed E-state index contributed by atoms with van der Waals surface area (Å²) in [5, 5.41) is 0. The molecular weight excluding hydrogens is 235 g/mol. The van der Waals surface area contributed by atoms with Gasteiger partial charge in [0.1, 0.15) is 5.69 Å². The molecule has 7 heteroatoms. The third kappa shape index (κ3) is 1.77. The molecule has 0 fully saturated rings. The third-order valence-electron chi connectivity index (χ3n) is 2.32. The number of imidazole rings is 1. The first-order valence-corrected chi connectivity index (χ1v) is 4.73. The van der Waals surface area contributed by atoms with Crippen LogP contribution >= 0.6 is 0 Å². The van der Waals surface area contributed by atoms with Gasteiger partial charge >= 0.3 is 6.18 Å². The number of carbonyl (C=O) groups is 1. The molecule has 0 spiro atoms. The van der Waals surface area contributed by atoms with E-state index >= 15 is 0 Å². The highest BCUT2D eigenvalue weighted by molar-refractivity contribution is 5.76. The van der Waals surface area contributed by atoms with Gasteiger partial charge in [0.05, 0.1) is 0 Å². The van der Waals surface area contributed by atoms with Crippen LogP contribution in [0.3, 0.4) is 0 Å². The Morgan fingerprint density at radius 1 is 1.29 bits per heavy atom. The average molecular weight is 243 g/mol. The summed E-state index contributed by atoms with van der Waals surface area (Å²) >= 11 is 0. The van der Waals surface area contributed by atoms with Gasteiger partial charge in [-0.3, -0.25) is 9.20 Å². The van der Waals surface area contributed by atoms with E-state index in [1.165, 1.54) is 0 Å². The molecule has 0 aliphatic rings. The lowest BCUT2D eigenvalue weighted by Crippen LogP contribution is -2.09. The average Bonchev–Trinajstić information content (AvgIpc) is 2.55. The van der Waals surface area contributed by atoms with Crippen LogP contribution in [0, 0.1) is 13.8 Å². The van der Waals surface area contributed by atoms with Gasteiger partial charge in [0, 0.05) is 11.4 Å². The van der Waals surface area contributed by atoms with E-state index < -0.39 is 17.6 Å². The van der Waals surface area contributed by atoms with Crippen molar-refractivity contribution in [2.45, 2.75) is 20.0 Å². The van der Waals surface area contributed by atoms with Crippen molar-refractivity contribution in [2.24, 2.45) is 0 Å². The Kier molecular flexibility index (Phi) is 2.41. The van der Waals surface area contributed by atoms with Crippen LogP contribution in [-0.4, -0.2) is 20.7 Å². The summed E-state index contributed by atoms with van der Waals surface area (Å²) in [4.78, 5) is 18.0. The summed E-state index contributed by atoms with van der Waals surface area (Å²) in [6, 6.07) is 1.59. The smallest absolute Gasteiger partial charge is 0.296 e. The van der Waals surface area contributed by atoms with Crippen molar-refractivity contribution in [3.63, 3.8) is 0 Å². The Balaban J connectivity index is 2.90. The Labute approximate surface area is 94.1 Å². The molecule has 0 aliphatic carbocycles. The number of aromatic nitrogens is 3. The lowest BCUT2D eigenvalue weighted by molar-refractivity contribution is -0.141. The van der Waals surface area contributed by atoms with Gasteiger partial charge in [0.2, 0.25) is 5.78 Å². The first kappa shape index (κ1) is 11.6. The maximum Gasteiger partial charge on any atom is 0.435 e. The van der Waals surface area contributed by atoms with Crippen LogP contribution in [0.2, 0.25) is 0 Å². The highest BCUT2D eigenvalue weighted by atomic mass is 19.4. The monoisotopic (exact) mass is 243 g/mol. The van der Waals surface area contributed by atoms with E-state index in [1.807, 2.05) is 0 Å². The predicted octanol–water partition coefficient (Wildman–Crippen LogP) is 2.18. The molecule has 17 heavy (non-hydrogen) atoms. The highest BCUT2D eigenvalue weighted by Crippen LogP contribution is 2.31. The molecule has 4 nitrogen and oxygen atoms in total. The highest BCUT2D eigenvalue weighted by Gasteiger charge is 2.38. The van der Waals surface area contributed by atoms with Crippen LogP contribution in [0.15, 0.2) is 6.07 Å². The normalized spacial score (nSPS) is 12.1. The van der Waals surface area contributed by atoms with E-state index in [2.05, 4.69) is 9.97 Å². The molecule has 0 radical (unpaired) electrons. The van der Waals surface area contributed by atoms with Gasteiger partial charge in [-0.05, 0) is 19.9 Å². The molecule has 0 bridgehead atoms. The van der Waals surface area contributed by atoms with Crippen molar-refractivity contribution in [3.05, 3.63) is 28.8 Å². The fourth-order valence-corrected chi connectivity index (χ4v) is 1.72. The van der Waals surface area contributed by atoms with Crippen LogP contribution in [0.5, 0.6) is 0 Å². The maximum atomic E-state index is 12.6. The van der Waals surface area contributed by atoms with Crippen LogP contribution in [0.4, 0.5) is 13.2 Å². The molecule has 2 aromatic rings. The first-order chi connectivity index (χ1) is 7.84. The zero-order chi connectivity index (χ0) is 12.8. The van der Waals surface area contributed by atoms with Gasteiger partial charge in [-0.1, -0.05) is 0 Å². The molecule has 0 saturated carbocycles. The fraction of sp³-hybridized carbons (Fsp3) is 0.300. The van der Waals surface area contributed by atoms with Crippen molar-refractivity contribution < 1.29 is 18.0 Å². The third-order valence-corrected chi connectivity index (χ3v) is 2.32. The molecule has 2 aromatic heterocycles. The molecule has 0 atom stereocenters. The zero-order valence-corrected chi connectivity index (χ0v) is 9.04. The first-order valence-electron chi connectivity index (χ1n) is 4.73. The Bertz CT molecular complexity index is 601. The van der Waals surface area contributed by atoms with Crippen LogP contribution < -0.4 is 0 Å². The van der Waals surface area contributed by atoms with Gasteiger partial charge < -0.3 is 0 Å². The van der Waals surface area contributed by atoms with Crippen molar-refractivity contribution in [2.75, 3.05) is 0 Å². The van der Waals surface area contributed by atoms with E-state index in [9.17, 15) is 18.0 Å². The second-order valence-corrected chi connectivity index (χ2v) is 3.64. The van der Waals surface area contributed by atoms with Crippen molar-refractivity contribution >= 4 is 12.1 Å². The molecule has 0 N–H and O–H groups in total. The number of hydrogen-bond acceptors (Lipinski definition) is 3. The Hall–Kier alpha value is -1.92. The largest absolute Gasteiger partial charge is 0.435 e. The second-order valence-electron chi connectivity index (χ2n) is 3.64. The quantitative estimate of drug-likeness (QED) is 0.721. The maximum absolute atomic E-state index is 12.6. The zero-order valence-electron chi connectivity index (χ0n) is 9.04. The van der Waals surface area contributed by atoms with Gasteiger partial charge in [0.25, 0.3) is 0 Å². The number of aldehydes is 1. The topological polar surface area (TPSA) is 47.3 Å². The number of nitrogens with zero attached hydrogens (tertiary/aromatic N) is 3.